The lowest BCUT2D eigenvalue weighted by molar-refractivity contribution is -0.112. The van der Waals surface area contributed by atoms with E-state index in [1.165, 1.54) is 13.2 Å². The lowest BCUT2D eigenvalue weighted by atomic mass is 10.1. The first-order chi connectivity index (χ1) is 15.8. The maximum absolute atomic E-state index is 12.6. The van der Waals surface area contributed by atoms with Crippen LogP contribution in [0.25, 0.3) is 6.08 Å². The van der Waals surface area contributed by atoms with Gasteiger partial charge in [0.15, 0.2) is 11.5 Å². The van der Waals surface area contributed by atoms with E-state index in [1.54, 1.807) is 42.5 Å². The molecule has 0 aliphatic heterocycles. The number of carbonyl (C=O) groups excluding carboxylic acids is 1. The molecular formula is C25H19BrCl2N2O3. The van der Waals surface area contributed by atoms with Crippen LogP contribution in [0.15, 0.2) is 64.6 Å². The zero-order valence-corrected chi connectivity index (χ0v) is 20.9. The summed E-state index contributed by atoms with van der Waals surface area (Å²) in [5.41, 5.74) is 2.84. The van der Waals surface area contributed by atoms with Gasteiger partial charge in [0.2, 0.25) is 0 Å². The Hall–Kier alpha value is -2.98. The number of rotatable bonds is 7. The van der Waals surface area contributed by atoms with Gasteiger partial charge in [0.25, 0.3) is 5.91 Å². The zero-order chi connectivity index (χ0) is 24.0. The summed E-state index contributed by atoms with van der Waals surface area (Å²) in [6, 6.07) is 17.8. The van der Waals surface area contributed by atoms with Gasteiger partial charge < -0.3 is 14.8 Å². The summed E-state index contributed by atoms with van der Waals surface area (Å²) >= 11 is 15.5. The van der Waals surface area contributed by atoms with Crippen molar-refractivity contribution in [3.63, 3.8) is 0 Å². The molecule has 0 spiro atoms. The molecule has 0 heterocycles. The molecule has 0 atom stereocenters. The van der Waals surface area contributed by atoms with Crippen LogP contribution in [0.3, 0.4) is 0 Å². The lowest BCUT2D eigenvalue weighted by Gasteiger charge is -2.13. The lowest BCUT2D eigenvalue weighted by Crippen LogP contribution is -2.13. The smallest absolute Gasteiger partial charge is 0.266 e. The van der Waals surface area contributed by atoms with Crippen molar-refractivity contribution in [2.24, 2.45) is 0 Å². The Morgan fingerprint density at radius 3 is 2.48 bits per heavy atom. The molecule has 5 nitrogen and oxygen atoms in total. The third-order valence-corrected chi connectivity index (χ3v) is 6.03. The van der Waals surface area contributed by atoms with E-state index in [1.807, 2.05) is 25.1 Å². The highest BCUT2D eigenvalue weighted by atomic mass is 79.9. The van der Waals surface area contributed by atoms with Gasteiger partial charge in [-0.05, 0) is 66.1 Å². The number of hydrogen-bond acceptors (Lipinski definition) is 4. The summed E-state index contributed by atoms with van der Waals surface area (Å²) in [4.78, 5) is 12.6. The van der Waals surface area contributed by atoms with Crippen LogP contribution in [-0.4, -0.2) is 13.0 Å². The van der Waals surface area contributed by atoms with E-state index >= 15 is 0 Å². The van der Waals surface area contributed by atoms with E-state index in [9.17, 15) is 10.1 Å². The Kier molecular flexibility index (Phi) is 8.40. The predicted octanol–water partition coefficient (Wildman–Crippen LogP) is 7.20. The van der Waals surface area contributed by atoms with E-state index < -0.39 is 5.91 Å². The van der Waals surface area contributed by atoms with Gasteiger partial charge in [-0.3, -0.25) is 4.79 Å². The molecule has 0 bridgehead atoms. The Balaban J connectivity index is 1.81. The largest absolute Gasteiger partial charge is 0.493 e. The van der Waals surface area contributed by atoms with Crippen molar-refractivity contribution in [1.29, 1.82) is 5.26 Å². The number of nitriles is 1. The quantitative estimate of drug-likeness (QED) is 0.252. The molecule has 0 fully saturated rings. The van der Waals surface area contributed by atoms with Gasteiger partial charge >= 0.3 is 0 Å². The molecule has 168 valence electrons. The molecule has 3 aromatic carbocycles. The number of aryl methyl sites for hydroxylation is 1. The van der Waals surface area contributed by atoms with E-state index in [2.05, 4.69) is 21.2 Å². The first-order valence-electron chi connectivity index (χ1n) is 9.74. The maximum Gasteiger partial charge on any atom is 0.266 e. The highest BCUT2D eigenvalue weighted by Gasteiger charge is 2.14. The third-order valence-electron chi connectivity index (χ3n) is 4.69. The second kappa shape index (κ2) is 11.2. The summed E-state index contributed by atoms with van der Waals surface area (Å²) in [6.45, 7) is 2.18. The molecule has 0 radical (unpaired) electrons. The van der Waals surface area contributed by atoms with Crippen molar-refractivity contribution < 1.29 is 14.3 Å². The number of anilines is 1. The normalized spacial score (nSPS) is 11.0. The van der Waals surface area contributed by atoms with E-state index in [0.717, 1.165) is 11.1 Å². The summed E-state index contributed by atoms with van der Waals surface area (Å²) in [7, 11) is 1.52. The monoisotopic (exact) mass is 544 g/mol. The van der Waals surface area contributed by atoms with E-state index in [-0.39, 0.29) is 5.57 Å². The summed E-state index contributed by atoms with van der Waals surface area (Å²) in [6.07, 6.45) is 1.47. The number of nitrogens with one attached hydrogen (secondary N) is 1. The molecule has 3 aromatic rings. The number of ether oxygens (including phenoxy) is 2. The van der Waals surface area contributed by atoms with Crippen molar-refractivity contribution in [3.05, 3.63) is 91.4 Å². The van der Waals surface area contributed by atoms with Crippen molar-refractivity contribution in [2.45, 2.75) is 13.5 Å². The summed E-state index contributed by atoms with van der Waals surface area (Å²) < 4.78 is 12.0. The summed E-state index contributed by atoms with van der Waals surface area (Å²) in [5, 5.41) is 13.4. The second-order valence-corrected chi connectivity index (χ2v) is 8.73. The van der Waals surface area contributed by atoms with Gasteiger partial charge in [-0.1, -0.05) is 57.3 Å². The van der Waals surface area contributed by atoms with E-state index in [4.69, 9.17) is 32.7 Å². The number of methoxy groups -OCH3 is 1. The molecule has 8 heteroatoms. The molecule has 0 aliphatic rings. The van der Waals surface area contributed by atoms with Crippen molar-refractivity contribution in [1.82, 2.24) is 0 Å². The Labute approximate surface area is 210 Å². The van der Waals surface area contributed by atoms with Crippen molar-refractivity contribution in [3.8, 4) is 17.6 Å². The van der Waals surface area contributed by atoms with Crippen molar-refractivity contribution in [2.75, 3.05) is 12.4 Å². The van der Waals surface area contributed by atoms with Gasteiger partial charge in [0.05, 0.1) is 7.11 Å². The molecular weight excluding hydrogens is 527 g/mol. The maximum atomic E-state index is 12.6. The van der Waals surface area contributed by atoms with Crippen molar-refractivity contribution >= 4 is 56.8 Å². The molecule has 1 N–H and O–H groups in total. The van der Waals surface area contributed by atoms with Gasteiger partial charge in [0.1, 0.15) is 18.2 Å². The minimum atomic E-state index is -0.550. The fourth-order valence-corrected chi connectivity index (χ4v) is 3.59. The fraction of sp³-hybridized carbons (Fsp3) is 0.120. The Morgan fingerprint density at radius 1 is 1.12 bits per heavy atom. The third kappa shape index (κ3) is 6.52. The van der Waals surface area contributed by atoms with Crippen LogP contribution in [0.2, 0.25) is 10.0 Å². The molecule has 0 saturated heterocycles. The van der Waals surface area contributed by atoms with Crippen LogP contribution < -0.4 is 14.8 Å². The van der Waals surface area contributed by atoms with Gasteiger partial charge in [-0.15, -0.1) is 0 Å². The number of nitrogens with zero attached hydrogens (tertiary/aromatic N) is 1. The fourth-order valence-electron chi connectivity index (χ4n) is 2.85. The Bertz CT molecular complexity index is 1250. The Morgan fingerprint density at radius 2 is 1.85 bits per heavy atom. The topological polar surface area (TPSA) is 71.3 Å². The average molecular weight is 546 g/mol. The van der Waals surface area contributed by atoms with E-state index in [0.29, 0.717) is 43.9 Å². The highest BCUT2D eigenvalue weighted by molar-refractivity contribution is 9.10. The first kappa shape index (κ1) is 24.7. The van der Waals surface area contributed by atoms with Gasteiger partial charge in [-0.2, -0.15) is 5.26 Å². The minimum absolute atomic E-state index is 0.0794. The standard InChI is InChI=1S/C25H19BrCl2N2O3/c1-15-3-8-20(11-22(15)28)30-25(31)18(13-29)9-17-10-23(32-2)24(12-21(17)26)33-14-16-4-6-19(27)7-5-16/h3-12H,14H2,1-2H3,(H,30,31)/b18-9-. The minimum Gasteiger partial charge on any atom is -0.493 e. The first-order valence-corrected chi connectivity index (χ1v) is 11.3. The van der Waals surface area contributed by atoms with Crippen LogP contribution in [0.4, 0.5) is 5.69 Å². The number of halogens is 3. The number of hydrogen-bond donors (Lipinski definition) is 1. The highest BCUT2D eigenvalue weighted by Crippen LogP contribution is 2.35. The van der Waals surface area contributed by atoms with Crippen LogP contribution in [0, 0.1) is 18.3 Å². The molecule has 33 heavy (non-hydrogen) atoms. The number of carbonyl (C=O) groups is 1. The average Bonchev–Trinajstić information content (AvgIpc) is 2.80. The molecule has 1 amide bonds. The van der Waals surface area contributed by atoms with Gasteiger partial charge in [0, 0.05) is 20.2 Å². The second-order valence-electron chi connectivity index (χ2n) is 7.03. The molecule has 3 rings (SSSR count). The molecule has 0 unspecified atom stereocenters. The summed E-state index contributed by atoms with van der Waals surface area (Å²) in [5.74, 6) is 0.418. The van der Waals surface area contributed by atoms with Crippen LogP contribution >= 0.6 is 39.1 Å². The number of amides is 1. The SMILES string of the molecule is COc1cc(/C=C(/C#N)C(=O)Nc2ccc(C)c(Cl)c2)c(Br)cc1OCc1ccc(Cl)cc1. The van der Waals surface area contributed by atoms with Crippen LogP contribution in [-0.2, 0) is 11.4 Å². The zero-order valence-electron chi connectivity index (χ0n) is 17.8. The number of benzene rings is 3. The molecule has 0 aromatic heterocycles. The van der Waals surface area contributed by atoms with Gasteiger partial charge in [-0.25, -0.2) is 0 Å². The molecule has 0 aliphatic carbocycles. The van der Waals surface area contributed by atoms with Crippen LogP contribution in [0.1, 0.15) is 16.7 Å². The van der Waals surface area contributed by atoms with Crippen LogP contribution in [0.5, 0.6) is 11.5 Å². The predicted molar refractivity (Wildman–Crippen MR) is 135 cm³/mol. The molecule has 0 saturated carbocycles.